The molecule has 1 heteroatoms. The molecular formula is C17H27N. The largest absolute Gasteiger partial charge is 0.294 e. The maximum Gasteiger partial charge on any atom is 0.0242 e. The van der Waals surface area contributed by atoms with Gasteiger partial charge in [0.2, 0.25) is 0 Å². The summed E-state index contributed by atoms with van der Waals surface area (Å²) in [5.41, 5.74) is 3.64. The van der Waals surface area contributed by atoms with Crippen LogP contribution >= 0.6 is 0 Å². The summed E-state index contributed by atoms with van der Waals surface area (Å²) < 4.78 is 0. The first-order valence-electron chi connectivity index (χ1n) is 7.02. The molecule has 0 N–H and O–H groups in total. The first-order valence-corrected chi connectivity index (χ1v) is 7.02. The summed E-state index contributed by atoms with van der Waals surface area (Å²) in [4.78, 5) is 2.62. The van der Waals surface area contributed by atoms with E-state index in [1.165, 1.54) is 12.1 Å². The van der Waals surface area contributed by atoms with Crippen LogP contribution in [-0.4, -0.2) is 17.0 Å². The van der Waals surface area contributed by atoms with E-state index < -0.39 is 0 Å². The maximum absolute atomic E-state index is 2.62. The van der Waals surface area contributed by atoms with Gasteiger partial charge >= 0.3 is 0 Å². The normalized spacial score (nSPS) is 21.8. The van der Waals surface area contributed by atoms with E-state index in [2.05, 4.69) is 70.7 Å². The standard InChI is InChI=1S/C17H27N/c1-16(2,3)15-12-18(17(4,5)6)11-13-9-7-8-10-14(13)15/h7-10,15H,11-12H2,1-6H3. The van der Waals surface area contributed by atoms with Crippen molar-refractivity contribution in [3.05, 3.63) is 35.4 Å². The minimum absolute atomic E-state index is 0.247. The van der Waals surface area contributed by atoms with Crippen molar-refractivity contribution in [2.24, 2.45) is 5.41 Å². The maximum atomic E-state index is 2.62. The Morgan fingerprint density at radius 1 is 1.00 bits per heavy atom. The highest BCUT2D eigenvalue weighted by atomic mass is 15.2. The lowest BCUT2D eigenvalue weighted by atomic mass is 9.72. The van der Waals surface area contributed by atoms with Crippen LogP contribution in [0.25, 0.3) is 0 Å². The molecule has 0 aliphatic carbocycles. The number of fused-ring (bicyclic) bond motifs is 1. The molecule has 0 radical (unpaired) electrons. The van der Waals surface area contributed by atoms with Crippen LogP contribution in [0, 0.1) is 5.41 Å². The fraction of sp³-hybridized carbons (Fsp3) is 0.647. The predicted molar refractivity (Wildman–Crippen MR) is 78.8 cm³/mol. The molecule has 0 bridgehead atoms. The highest BCUT2D eigenvalue weighted by molar-refractivity contribution is 5.34. The van der Waals surface area contributed by atoms with E-state index in [-0.39, 0.29) is 5.54 Å². The van der Waals surface area contributed by atoms with Gasteiger partial charge in [0.05, 0.1) is 0 Å². The molecule has 0 aromatic heterocycles. The summed E-state index contributed by atoms with van der Waals surface area (Å²) in [6.07, 6.45) is 0. The van der Waals surface area contributed by atoms with E-state index in [0.717, 1.165) is 6.54 Å². The summed E-state index contributed by atoms with van der Waals surface area (Å²) >= 11 is 0. The molecule has 0 fully saturated rings. The summed E-state index contributed by atoms with van der Waals surface area (Å²) in [7, 11) is 0. The van der Waals surface area contributed by atoms with Crippen molar-refractivity contribution in [2.45, 2.75) is 59.5 Å². The van der Waals surface area contributed by atoms with Crippen LogP contribution in [-0.2, 0) is 6.54 Å². The van der Waals surface area contributed by atoms with Crippen LogP contribution in [0.1, 0.15) is 58.6 Å². The van der Waals surface area contributed by atoms with Crippen molar-refractivity contribution >= 4 is 0 Å². The third kappa shape index (κ3) is 2.61. The van der Waals surface area contributed by atoms with E-state index in [9.17, 15) is 0 Å². The second kappa shape index (κ2) is 4.38. The van der Waals surface area contributed by atoms with E-state index in [1.54, 1.807) is 5.56 Å². The zero-order valence-electron chi connectivity index (χ0n) is 12.7. The monoisotopic (exact) mass is 245 g/mol. The zero-order valence-corrected chi connectivity index (χ0v) is 12.7. The molecule has 1 aromatic rings. The average molecular weight is 245 g/mol. The van der Waals surface area contributed by atoms with Gasteiger partial charge in [-0.2, -0.15) is 0 Å². The van der Waals surface area contributed by atoms with Crippen LogP contribution in [0.2, 0.25) is 0 Å². The summed E-state index contributed by atoms with van der Waals surface area (Å²) in [5, 5.41) is 0. The lowest BCUT2D eigenvalue weighted by Crippen LogP contribution is -2.48. The molecule has 1 atom stereocenters. The Balaban J connectivity index is 2.42. The summed E-state index contributed by atoms with van der Waals surface area (Å²) in [6.45, 7) is 16.3. The first kappa shape index (κ1) is 13.6. The topological polar surface area (TPSA) is 3.24 Å². The fourth-order valence-electron chi connectivity index (χ4n) is 2.86. The van der Waals surface area contributed by atoms with Crippen molar-refractivity contribution in [3.8, 4) is 0 Å². The molecule has 1 unspecified atom stereocenters. The molecule has 1 heterocycles. The van der Waals surface area contributed by atoms with Gasteiger partial charge < -0.3 is 0 Å². The molecule has 1 nitrogen and oxygen atoms in total. The Hall–Kier alpha value is -0.820. The number of hydrogen-bond acceptors (Lipinski definition) is 1. The van der Waals surface area contributed by atoms with Crippen LogP contribution in [0.4, 0.5) is 0 Å². The Kier molecular flexibility index (Phi) is 3.31. The minimum atomic E-state index is 0.247. The van der Waals surface area contributed by atoms with Crippen molar-refractivity contribution in [2.75, 3.05) is 6.54 Å². The van der Waals surface area contributed by atoms with Crippen LogP contribution < -0.4 is 0 Å². The molecule has 0 saturated carbocycles. The average Bonchev–Trinajstić information content (AvgIpc) is 2.25. The number of benzene rings is 1. The Labute approximate surface area is 112 Å². The van der Waals surface area contributed by atoms with E-state index >= 15 is 0 Å². The lowest BCUT2D eigenvalue weighted by Gasteiger charge is -2.46. The number of rotatable bonds is 0. The van der Waals surface area contributed by atoms with Gasteiger partial charge in [-0.3, -0.25) is 4.90 Å². The zero-order chi connectivity index (χ0) is 13.6. The van der Waals surface area contributed by atoms with Gasteiger partial charge in [0.15, 0.2) is 0 Å². The van der Waals surface area contributed by atoms with E-state index in [1.807, 2.05) is 0 Å². The molecule has 0 saturated heterocycles. The molecule has 1 aromatic carbocycles. The van der Waals surface area contributed by atoms with Crippen LogP contribution in [0.15, 0.2) is 24.3 Å². The van der Waals surface area contributed by atoms with E-state index in [4.69, 9.17) is 0 Å². The van der Waals surface area contributed by atoms with Gasteiger partial charge in [-0.05, 0) is 37.3 Å². The molecule has 100 valence electrons. The van der Waals surface area contributed by atoms with Crippen molar-refractivity contribution in [1.29, 1.82) is 0 Å². The van der Waals surface area contributed by atoms with Gasteiger partial charge in [0.1, 0.15) is 0 Å². The molecule has 1 aliphatic heterocycles. The molecule has 2 rings (SSSR count). The Morgan fingerprint density at radius 2 is 1.61 bits per heavy atom. The highest BCUT2D eigenvalue weighted by Gasteiger charge is 2.36. The summed E-state index contributed by atoms with van der Waals surface area (Å²) in [6, 6.07) is 8.98. The molecular weight excluding hydrogens is 218 g/mol. The van der Waals surface area contributed by atoms with Gasteiger partial charge in [0, 0.05) is 24.5 Å². The number of hydrogen-bond donors (Lipinski definition) is 0. The number of nitrogens with zero attached hydrogens (tertiary/aromatic N) is 1. The highest BCUT2D eigenvalue weighted by Crippen LogP contribution is 2.42. The molecule has 0 amide bonds. The molecule has 1 aliphatic rings. The third-order valence-corrected chi connectivity index (χ3v) is 4.19. The smallest absolute Gasteiger partial charge is 0.0242 e. The molecule has 18 heavy (non-hydrogen) atoms. The summed E-state index contributed by atoms with van der Waals surface area (Å²) in [5.74, 6) is 0.627. The van der Waals surface area contributed by atoms with Gasteiger partial charge in [0.25, 0.3) is 0 Å². The minimum Gasteiger partial charge on any atom is -0.294 e. The van der Waals surface area contributed by atoms with Crippen molar-refractivity contribution in [1.82, 2.24) is 4.90 Å². The fourth-order valence-corrected chi connectivity index (χ4v) is 2.86. The lowest BCUT2D eigenvalue weighted by molar-refractivity contribution is 0.0823. The Bertz CT molecular complexity index is 420. The van der Waals surface area contributed by atoms with Crippen molar-refractivity contribution < 1.29 is 0 Å². The second-order valence-electron chi connectivity index (χ2n) is 7.67. The van der Waals surface area contributed by atoms with Gasteiger partial charge in [-0.25, -0.2) is 0 Å². The molecule has 0 spiro atoms. The Morgan fingerprint density at radius 3 is 2.17 bits per heavy atom. The van der Waals surface area contributed by atoms with E-state index in [0.29, 0.717) is 11.3 Å². The van der Waals surface area contributed by atoms with Crippen LogP contribution in [0.3, 0.4) is 0 Å². The third-order valence-electron chi connectivity index (χ3n) is 4.19. The predicted octanol–water partition coefficient (Wildman–Crippen LogP) is 4.43. The first-order chi connectivity index (χ1) is 8.19. The van der Waals surface area contributed by atoms with Gasteiger partial charge in [-0.15, -0.1) is 0 Å². The van der Waals surface area contributed by atoms with Crippen molar-refractivity contribution in [3.63, 3.8) is 0 Å². The van der Waals surface area contributed by atoms with Crippen LogP contribution in [0.5, 0.6) is 0 Å². The SMILES string of the molecule is CC(C)(C)C1CN(C(C)(C)C)Cc2ccccc21. The second-order valence-corrected chi connectivity index (χ2v) is 7.67. The van der Waals surface area contributed by atoms with Gasteiger partial charge in [-0.1, -0.05) is 45.0 Å². The quantitative estimate of drug-likeness (QED) is 0.653.